The van der Waals surface area contributed by atoms with E-state index >= 15 is 0 Å². The van der Waals surface area contributed by atoms with E-state index in [4.69, 9.17) is 4.52 Å². The Hall–Kier alpha value is -2.77. The lowest BCUT2D eigenvalue weighted by Gasteiger charge is -2.24. The van der Waals surface area contributed by atoms with Crippen LogP contribution in [0.15, 0.2) is 29.4 Å². The number of amides is 2. The lowest BCUT2D eigenvalue weighted by Crippen LogP contribution is -2.40. The van der Waals surface area contributed by atoms with Gasteiger partial charge in [-0.25, -0.2) is 9.97 Å². The topological polar surface area (TPSA) is 92.4 Å². The Morgan fingerprint density at radius 1 is 1.26 bits per heavy atom. The Bertz CT molecular complexity index is 759. The molecule has 0 N–H and O–H groups in total. The fourth-order valence-electron chi connectivity index (χ4n) is 3.51. The number of rotatable bonds is 2. The maximum Gasteiger partial charge on any atom is 0.259 e. The predicted molar refractivity (Wildman–Crippen MR) is 78.6 cm³/mol. The van der Waals surface area contributed by atoms with Crippen molar-refractivity contribution in [1.29, 1.82) is 0 Å². The summed E-state index contributed by atoms with van der Waals surface area (Å²) in [5.41, 5.74) is 1.14. The summed E-state index contributed by atoms with van der Waals surface area (Å²) < 4.78 is 4.98. The third kappa shape index (κ3) is 2.09. The van der Waals surface area contributed by atoms with Crippen LogP contribution in [0.2, 0.25) is 0 Å². The molecule has 0 bridgehead atoms. The van der Waals surface area contributed by atoms with Crippen LogP contribution < -0.4 is 4.90 Å². The number of hydrogen-bond donors (Lipinski definition) is 0. The lowest BCUT2D eigenvalue weighted by molar-refractivity contribution is -0.117. The van der Waals surface area contributed by atoms with E-state index in [1.54, 1.807) is 29.1 Å². The summed E-state index contributed by atoms with van der Waals surface area (Å²) in [5.74, 6) is 0.362. The number of nitrogens with zero attached hydrogens (tertiary/aromatic N) is 5. The van der Waals surface area contributed by atoms with E-state index in [0.717, 1.165) is 6.42 Å². The molecule has 2 amide bonds. The van der Waals surface area contributed by atoms with Gasteiger partial charge in [-0.1, -0.05) is 5.16 Å². The van der Waals surface area contributed by atoms with Crippen LogP contribution in [0, 0.1) is 6.92 Å². The molecule has 23 heavy (non-hydrogen) atoms. The fourth-order valence-corrected chi connectivity index (χ4v) is 3.51. The van der Waals surface area contributed by atoms with E-state index in [-0.39, 0.29) is 23.9 Å². The van der Waals surface area contributed by atoms with E-state index in [9.17, 15) is 9.59 Å². The molecule has 2 aliphatic rings. The summed E-state index contributed by atoms with van der Waals surface area (Å²) in [5, 5.41) is 3.66. The monoisotopic (exact) mass is 313 g/mol. The summed E-state index contributed by atoms with van der Waals surface area (Å²) in [6.07, 6.45) is 7.17. The first-order chi connectivity index (χ1) is 11.2. The van der Waals surface area contributed by atoms with Crippen molar-refractivity contribution < 1.29 is 14.1 Å². The fraction of sp³-hybridized carbons (Fsp3) is 0.400. The molecule has 2 saturated heterocycles. The molecule has 118 valence electrons. The Balaban J connectivity index is 1.61. The molecular weight excluding hydrogens is 298 g/mol. The van der Waals surface area contributed by atoms with Gasteiger partial charge in [-0.2, -0.15) is 0 Å². The largest absolute Gasteiger partial charge is 0.361 e. The second kappa shape index (κ2) is 5.15. The second-order valence-electron chi connectivity index (χ2n) is 5.78. The van der Waals surface area contributed by atoms with E-state index in [2.05, 4.69) is 15.1 Å². The number of hydrogen-bond acceptors (Lipinski definition) is 6. The van der Waals surface area contributed by atoms with Gasteiger partial charge < -0.3 is 14.3 Å². The van der Waals surface area contributed by atoms with E-state index in [1.807, 2.05) is 0 Å². The first kappa shape index (κ1) is 13.9. The number of likely N-dealkylation sites (tertiary alicyclic amines) is 1. The number of aryl methyl sites for hydroxylation is 1. The van der Waals surface area contributed by atoms with Gasteiger partial charge in [0.2, 0.25) is 5.91 Å². The molecule has 8 heteroatoms. The first-order valence-corrected chi connectivity index (χ1v) is 7.46. The third-order valence-corrected chi connectivity index (χ3v) is 4.56. The van der Waals surface area contributed by atoms with Crippen LogP contribution in [-0.2, 0) is 4.79 Å². The van der Waals surface area contributed by atoms with Crippen molar-refractivity contribution in [2.45, 2.75) is 31.8 Å². The average molecular weight is 313 g/mol. The number of aromatic nitrogens is 3. The van der Waals surface area contributed by atoms with Crippen LogP contribution in [0.1, 0.15) is 29.0 Å². The molecular formula is C15H15N5O3. The molecule has 0 aliphatic carbocycles. The third-order valence-electron chi connectivity index (χ3n) is 4.56. The Kier molecular flexibility index (Phi) is 3.10. The van der Waals surface area contributed by atoms with E-state index in [0.29, 0.717) is 30.0 Å². The molecule has 2 atom stereocenters. The highest BCUT2D eigenvalue weighted by molar-refractivity contribution is 6.00. The first-order valence-electron chi connectivity index (χ1n) is 7.46. The highest BCUT2D eigenvalue weighted by Crippen LogP contribution is 2.36. The van der Waals surface area contributed by atoms with Crippen LogP contribution >= 0.6 is 0 Å². The highest BCUT2D eigenvalue weighted by Gasteiger charge is 2.49. The number of carbonyl (C=O) groups excluding carboxylic acids is 2. The SMILES string of the molecule is Cc1oncc1C(=O)N1CC[C@H]2[C@@H]1CC(=O)N2c1cncnc1. The lowest BCUT2D eigenvalue weighted by atomic mass is 10.1. The van der Waals surface area contributed by atoms with Crippen LogP contribution in [0.25, 0.3) is 0 Å². The minimum atomic E-state index is -0.135. The predicted octanol–water partition coefficient (Wildman–Crippen LogP) is 0.793. The quantitative estimate of drug-likeness (QED) is 0.814. The van der Waals surface area contributed by atoms with Crippen molar-refractivity contribution in [1.82, 2.24) is 20.0 Å². The molecule has 2 aromatic rings. The summed E-state index contributed by atoms with van der Waals surface area (Å²) in [6.45, 7) is 2.32. The van der Waals surface area contributed by atoms with Gasteiger partial charge in [0, 0.05) is 13.0 Å². The molecule has 0 radical (unpaired) electrons. The van der Waals surface area contributed by atoms with Crippen molar-refractivity contribution in [3.8, 4) is 0 Å². The Morgan fingerprint density at radius 2 is 2.04 bits per heavy atom. The Morgan fingerprint density at radius 3 is 2.74 bits per heavy atom. The van der Waals surface area contributed by atoms with Crippen molar-refractivity contribution in [2.24, 2.45) is 0 Å². The van der Waals surface area contributed by atoms with Gasteiger partial charge in [-0.3, -0.25) is 9.59 Å². The second-order valence-corrected chi connectivity index (χ2v) is 5.78. The summed E-state index contributed by atoms with van der Waals surface area (Å²) in [7, 11) is 0. The van der Waals surface area contributed by atoms with Crippen molar-refractivity contribution in [3.05, 3.63) is 36.2 Å². The molecule has 8 nitrogen and oxygen atoms in total. The number of anilines is 1. The maximum absolute atomic E-state index is 12.7. The maximum atomic E-state index is 12.7. The van der Waals surface area contributed by atoms with Gasteiger partial charge in [0.25, 0.3) is 5.91 Å². The average Bonchev–Trinajstić information content (AvgIpc) is 3.22. The smallest absolute Gasteiger partial charge is 0.259 e. The number of carbonyl (C=O) groups is 2. The van der Waals surface area contributed by atoms with Crippen LogP contribution in [0.4, 0.5) is 5.69 Å². The van der Waals surface area contributed by atoms with Gasteiger partial charge in [-0.05, 0) is 13.3 Å². The van der Waals surface area contributed by atoms with Crippen molar-refractivity contribution in [2.75, 3.05) is 11.4 Å². The zero-order valence-corrected chi connectivity index (χ0v) is 12.5. The normalized spacial score (nSPS) is 23.4. The van der Waals surface area contributed by atoms with Gasteiger partial charge in [0.05, 0.1) is 36.4 Å². The van der Waals surface area contributed by atoms with Crippen molar-refractivity contribution in [3.63, 3.8) is 0 Å². The standard InChI is InChI=1S/C15H15N5O3/c1-9-11(7-18-23-9)15(22)19-3-2-12-13(19)4-14(21)20(12)10-5-16-8-17-6-10/h5-8,12-13H,2-4H2,1H3/t12-,13-/m0/s1. The van der Waals surface area contributed by atoms with Crippen molar-refractivity contribution >= 4 is 17.5 Å². The molecule has 2 aromatic heterocycles. The zero-order valence-electron chi connectivity index (χ0n) is 12.5. The minimum Gasteiger partial charge on any atom is -0.361 e. The molecule has 2 aliphatic heterocycles. The Labute approximate surface area is 132 Å². The number of fused-ring (bicyclic) bond motifs is 1. The van der Waals surface area contributed by atoms with Gasteiger partial charge in [-0.15, -0.1) is 0 Å². The molecule has 2 fully saturated rings. The highest BCUT2D eigenvalue weighted by atomic mass is 16.5. The molecule has 4 rings (SSSR count). The van der Waals surface area contributed by atoms with Gasteiger partial charge in [0.15, 0.2) is 0 Å². The molecule has 0 spiro atoms. The zero-order chi connectivity index (χ0) is 16.0. The molecule has 4 heterocycles. The van der Waals surface area contributed by atoms with Crippen LogP contribution in [0.3, 0.4) is 0 Å². The summed E-state index contributed by atoms with van der Waals surface area (Å²) in [4.78, 5) is 36.5. The summed E-state index contributed by atoms with van der Waals surface area (Å²) in [6, 6.07) is -0.165. The molecule has 0 saturated carbocycles. The van der Waals surface area contributed by atoms with E-state index in [1.165, 1.54) is 12.5 Å². The molecule has 0 unspecified atom stereocenters. The minimum absolute atomic E-state index is 0.00524. The van der Waals surface area contributed by atoms with Crippen LogP contribution in [-0.4, -0.2) is 50.5 Å². The van der Waals surface area contributed by atoms with Crippen LogP contribution in [0.5, 0.6) is 0 Å². The molecule has 0 aromatic carbocycles. The van der Waals surface area contributed by atoms with Gasteiger partial charge in [0.1, 0.15) is 17.7 Å². The van der Waals surface area contributed by atoms with Gasteiger partial charge >= 0.3 is 0 Å². The van der Waals surface area contributed by atoms with E-state index < -0.39 is 0 Å². The summed E-state index contributed by atoms with van der Waals surface area (Å²) >= 11 is 0.